The topological polar surface area (TPSA) is 27.7 Å². The summed E-state index contributed by atoms with van der Waals surface area (Å²) in [6.45, 7) is 15.5. The quantitative estimate of drug-likeness (QED) is 0.151. The van der Waals surface area contributed by atoms with Crippen LogP contribution in [0, 0.1) is 5.92 Å². The third-order valence-electron chi connectivity index (χ3n) is 5.66. The first-order valence-electron chi connectivity index (χ1n) is 10.6. The SMILES string of the molecule is C=C[C@H](OCOC)[C@@H](O[Si](C)(C)C(=C)CCCCCC)C1CCCCC1. The minimum atomic E-state index is -2.00. The highest BCUT2D eigenvalue weighted by molar-refractivity contribution is 6.78. The van der Waals surface area contributed by atoms with Crippen molar-refractivity contribution in [3.05, 3.63) is 24.4 Å². The molecule has 3 nitrogen and oxygen atoms in total. The van der Waals surface area contributed by atoms with Crippen molar-refractivity contribution in [3.8, 4) is 0 Å². The van der Waals surface area contributed by atoms with Crippen LogP contribution in [0.3, 0.4) is 0 Å². The van der Waals surface area contributed by atoms with Crippen LogP contribution in [-0.4, -0.2) is 34.4 Å². The van der Waals surface area contributed by atoms with Crippen LogP contribution in [0.15, 0.2) is 24.4 Å². The summed E-state index contributed by atoms with van der Waals surface area (Å²) in [5, 5.41) is 1.32. The van der Waals surface area contributed by atoms with E-state index in [0.29, 0.717) is 5.92 Å². The lowest BCUT2D eigenvalue weighted by atomic mass is 9.83. The Hall–Kier alpha value is -0.423. The van der Waals surface area contributed by atoms with Crippen molar-refractivity contribution in [2.75, 3.05) is 13.9 Å². The molecule has 0 aromatic carbocycles. The fourth-order valence-corrected chi connectivity index (χ4v) is 5.78. The van der Waals surface area contributed by atoms with Crippen molar-refractivity contribution < 1.29 is 13.9 Å². The molecule has 0 radical (unpaired) electrons. The molecule has 1 fully saturated rings. The van der Waals surface area contributed by atoms with E-state index in [9.17, 15) is 0 Å². The smallest absolute Gasteiger partial charge is 0.214 e. The molecule has 0 aliphatic heterocycles. The highest BCUT2D eigenvalue weighted by Gasteiger charge is 2.37. The molecule has 0 aromatic rings. The van der Waals surface area contributed by atoms with Gasteiger partial charge in [0.05, 0.1) is 6.10 Å². The zero-order valence-electron chi connectivity index (χ0n) is 17.7. The second kappa shape index (κ2) is 12.9. The monoisotopic (exact) mass is 382 g/mol. The number of hydrogen-bond donors (Lipinski definition) is 0. The van der Waals surface area contributed by atoms with Crippen LogP contribution < -0.4 is 0 Å². The molecule has 0 spiro atoms. The van der Waals surface area contributed by atoms with E-state index in [1.54, 1.807) is 7.11 Å². The summed E-state index contributed by atoms with van der Waals surface area (Å²) in [6, 6.07) is 0. The van der Waals surface area contributed by atoms with Crippen molar-refractivity contribution in [2.45, 2.75) is 96.4 Å². The summed E-state index contributed by atoms with van der Waals surface area (Å²) in [4.78, 5) is 0. The summed E-state index contributed by atoms with van der Waals surface area (Å²) in [5.41, 5.74) is 0. The van der Waals surface area contributed by atoms with E-state index in [-0.39, 0.29) is 19.0 Å². The van der Waals surface area contributed by atoms with Crippen LogP contribution in [0.25, 0.3) is 0 Å². The molecule has 0 bridgehead atoms. The zero-order valence-corrected chi connectivity index (χ0v) is 18.7. The fourth-order valence-electron chi connectivity index (χ4n) is 3.83. The Balaban J connectivity index is 2.77. The molecule has 2 atom stereocenters. The van der Waals surface area contributed by atoms with Crippen LogP contribution in [0.4, 0.5) is 0 Å². The lowest BCUT2D eigenvalue weighted by molar-refractivity contribution is -0.103. The third-order valence-corrected chi connectivity index (χ3v) is 8.48. The average molecular weight is 383 g/mol. The molecule has 0 aromatic heterocycles. The lowest BCUT2D eigenvalue weighted by Crippen LogP contribution is -2.47. The summed E-state index contributed by atoms with van der Waals surface area (Å²) in [6.07, 6.45) is 14.4. The van der Waals surface area contributed by atoms with Crippen LogP contribution in [0.2, 0.25) is 13.1 Å². The van der Waals surface area contributed by atoms with E-state index in [2.05, 4.69) is 33.2 Å². The van der Waals surface area contributed by atoms with Gasteiger partial charge in [-0.3, -0.25) is 0 Å². The second-order valence-corrected chi connectivity index (χ2v) is 12.1. The lowest BCUT2D eigenvalue weighted by Gasteiger charge is -2.40. The Morgan fingerprint density at radius 2 is 1.85 bits per heavy atom. The Labute approximate surface area is 163 Å². The molecule has 152 valence electrons. The van der Waals surface area contributed by atoms with Gasteiger partial charge in [0.25, 0.3) is 0 Å². The normalized spacial score (nSPS) is 18.5. The van der Waals surface area contributed by atoms with Gasteiger partial charge in [-0.25, -0.2) is 0 Å². The number of methoxy groups -OCH3 is 1. The van der Waals surface area contributed by atoms with Crippen molar-refractivity contribution >= 4 is 8.32 Å². The molecule has 4 heteroatoms. The first-order valence-corrected chi connectivity index (χ1v) is 13.5. The van der Waals surface area contributed by atoms with Crippen molar-refractivity contribution in [3.63, 3.8) is 0 Å². The summed E-state index contributed by atoms with van der Waals surface area (Å²) in [7, 11) is -0.335. The summed E-state index contributed by atoms with van der Waals surface area (Å²) >= 11 is 0. The summed E-state index contributed by atoms with van der Waals surface area (Å²) < 4.78 is 17.9. The molecule has 0 N–H and O–H groups in total. The zero-order chi connectivity index (χ0) is 19.4. The van der Waals surface area contributed by atoms with Gasteiger partial charge in [0, 0.05) is 7.11 Å². The molecule has 1 aliphatic carbocycles. The molecule has 1 saturated carbocycles. The average Bonchev–Trinajstić information content (AvgIpc) is 2.65. The van der Waals surface area contributed by atoms with E-state index >= 15 is 0 Å². The van der Waals surface area contributed by atoms with Gasteiger partial charge < -0.3 is 13.9 Å². The van der Waals surface area contributed by atoms with Crippen molar-refractivity contribution in [1.82, 2.24) is 0 Å². The minimum absolute atomic E-state index is 0.0667. The number of hydrogen-bond acceptors (Lipinski definition) is 3. The van der Waals surface area contributed by atoms with Gasteiger partial charge in [-0.2, -0.15) is 0 Å². The van der Waals surface area contributed by atoms with E-state index in [0.717, 1.165) is 6.42 Å². The largest absolute Gasteiger partial charge is 0.407 e. The van der Waals surface area contributed by atoms with Crippen LogP contribution in [0.5, 0.6) is 0 Å². The number of rotatable bonds is 14. The molecule has 0 saturated heterocycles. The van der Waals surface area contributed by atoms with E-state index in [1.807, 2.05) is 6.08 Å². The predicted octanol–water partition coefficient (Wildman–Crippen LogP) is 6.40. The molecule has 0 heterocycles. The Bertz CT molecular complexity index is 402. The van der Waals surface area contributed by atoms with Gasteiger partial charge in [0.2, 0.25) is 8.32 Å². The van der Waals surface area contributed by atoms with Crippen molar-refractivity contribution in [2.24, 2.45) is 5.92 Å². The number of allylic oxidation sites excluding steroid dienone is 1. The first kappa shape index (κ1) is 23.6. The molecule has 1 aliphatic rings. The van der Waals surface area contributed by atoms with Crippen LogP contribution in [-0.2, 0) is 13.9 Å². The van der Waals surface area contributed by atoms with Gasteiger partial charge >= 0.3 is 0 Å². The fraction of sp³-hybridized carbons (Fsp3) is 0.818. The van der Waals surface area contributed by atoms with Gasteiger partial charge in [-0.1, -0.05) is 56.7 Å². The van der Waals surface area contributed by atoms with Gasteiger partial charge in [-0.05, 0) is 44.7 Å². The highest BCUT2D eigenvalue weighted by atomic mass is 28.4. The van der Waals surface area contributed by atoms with Gasteiger partial charge in [0.15, 0.2) is 0 Å². The van der Waals surface area contributed by atoms with Gasteiger partial charge in [-0.15, -0.1) is 13.2 Å². The highest BCUT2D eigenvalue weighted by Crippen LogP contribution is 2.34. The van der Waals surface area contributed by atoms with Gasteiger partial charge in [0.1, 0.15) is 12.9 Å². The Morgan fingerprint density at radius 1 is 1.15 bits per heavy atom. The second-order valence-electron chi connectivity index (χ2n) is 8.18. The van der Waals surface area contributed by atoms with Crippen LogP contribution in [0.1, 0.15) is 71.1 Å². The number of ether oxygens (including phenoxy) is 2. The molecule has 0 amide bonds. The minimum Gasteiger partial charge on any atom is -0.407 e. The maximum absolute atomic E-state index is 6.83. The van der Waals surface area contributed by atoms with Crippen molar-refractivity contribution in [1.29, 1.82) is 0 Å². The predicted molar refractivity (Wildman–Crippen MR) is 114 cm³/mol. The Kier molecular flexibility index (Phi) is 11.7. The number of unbranched alkanes of at least 4 members (excludes halogenated alkanes) is 3. The first-order chi connectivity index (χ1) is 12.5. The van der Waals surface area contributed by atoms with E-state index in [1.165, 1.54) is 63.0 Å². The van der Waals surface area contributed by atoms with E-state index < -0.39 is 8.32 Å². The van der Waals surface area contributed by atoms with E-state index in [4.69, 9.17) is 13.9 Å². The standard InChI is InChI=1S/C22H42O3Si/c1-7-9-10-12-15-19(3)26(5,6)25-22(20-16-13-11-14-17-20)21(8-2)24-18-23-4/h8,20-22H,2-3,7,9-18H2,1,4-6H3/t21-,22-/m0/s1. The maximum atomic E-state index is 6.83. The summed E-state index contributed by atoms with van der Waals surface area (Å²) in [5.74, 6) is 0.545. The van der Waals surface area contributed by atoms with Crippen LogP contribution >= 0.6 is 0 Å². The Morgan fingerprint density at radius 3 is 2.42 bits per heavy atom. The molecule has 0 unspecified atom stereocenters. The molecular weight excluding hydrogens is 340 g/mol. The molecule has 26 heavy (non-hydrogen) atoms. The maximum Gasteiger partial charge on any atom is 0.214 e. The molecule has 1 rings (SSSR count). The third kappa shape index (κ3) is 8.08. The molecular formula is C22H42O3Si.